The van der Waals surface area contributed by atoms with Crippen LogP contribution in [0.25, 0.3) is 10.2 Å². The molecule has 3 aromatic rings. The Labute approximate surface area is 147 Å². The molecule has 0 saturated carbocycles. The smallest absolute Gasteiger partial charge is 0.234 e. The molecule has 1 heterocycles. The zero-order valence-electron chi connectivity index (χ0n) is 12.6. The van der Waals surface area contributed by atoms with Gasteiger partial charge in [-0.25, -0.2) is 4.98 Å². The number of nitrogens with zero attached hydrogens (tertiary/aromatic N) is 1. The van der Waals surface area contributed by atoms with Crippen molar-refractivity contribution in [2.75, 3.05) is 17.3 Å². The van der Waals surface area contributed by atoms with E-state index in [4.69, 9.17) is 0 Å². The van der Waals surface area contributed by atoms with Crippen molar-refractivity contribution in [3.63, 3.8) is 0 Å². The quantitative estimate of drug-likeness (QED) is 0.636. The van der Waals surface area contributed by atoms with Crippen molar-refractivity contribution in [3.8, 4) is 0 Å². The summed E-state index contributed by atoms with van der Waals surface area (Å²) < 4.78 is 2.14. The van der Waals surface area contributed by atoms with Gasteiger partial charge < -0.3 is 5.32 Å². The predicted molar refractivity (Wildman–Crippen MR) is 103 cm³/mol. The summed E-state index contributed by atoms with van der Waals surface area (Å²) in [6.07, 6.45) is 2.02. The molecule has 0 radical (unpaired) electrons. The van der Waals surface area contributed by atoms with Gasteiger partial charge in [0.25, 0.3) is 0 Å². The van der Waals surface area contributed by atoms with Crippen LogP contribution in [-0.4, -0.2) is 22.9 Å². The Kier molecular flexibility index (Phi) is 5.59. The van der Waals surface area contributed by atoms with Gasteiger partial charge in [0.2, 0.25) is 5.91 Å². The third-order valence-corrected chi connectivity index (χ3v) is 6.18. The summed E-state index contributed by atoms with van der Waals surface area (Å²) in [5.74, 6) is 1.32. The molecular weight excluding hydrogens is 344 g/mol. The second-order valence-corrected chi connectivity index (χ2v) is 7.96. The molecule has 3 nitrogen and oxygen atoms in total. The standard InChI is InChI=1S/C17H16N2OS3/c1-21-17-19-14-8-7-13(9-15(14)23-17)18-16(20)11-22-10-12-5-3-2-4-6-12/h2-9H,10-11H2,1H3,(H,18,20). The SMILES string of the molecule is CSc1nc2ccc(NC(=O)CSCc3ccccc3)cc2s1. The van der Waals surface area contributed by atoms with Gasteiger partial charge in [-0.15, -0.1) is 23.1 Å². The van der Waals surface area contributed by atoms with E-state index in [1.165, 1.54) is 5.56 Å². The molecule has 2 aromatic carbocycles. The summed E-state index contributed by atoms with van der Waals surface area (Å²) >= 11 is 4.91. The first-order valence-corrected chi connectivity index (χ1v) is 10.3. The van der Waals surface area contributed by atoms with E-state index < -0.39 is 0 Å². The molecule has 0 bridgehead atoms. The maximum absolute atomic E-state index is 12.1. The molecule has 1 aromatic heterocycles. The second kappa shape index (κ2) is 7.86. The minimum absolute atomic E-state index is 0.0277. The molecular formula is C17H16N2OS3. The first-order chi connectivity index (χ1) is 11.2. The lowest BCUT2D eigenvalue weighted by Crippen LogP contribution is -2.14. The number of carbonyl (C=O) groups excluding carboxylic acids is 1. The van der Waals surface area contributed by atoms with Gasteiger partial charge in [-0.2, -0.15) is 0 Å². The molecule has 0 aliphatic rings. The maximum atomic E-state index is 12.1. The van der Waals surface area contributed by atoms with Crippen LogP contribution in [0.1, 0.15) is 5.56 Å². The largest absolute Gasteiger partial charge is 0.325 e. The van der Waals surface area contributed by atoms with Crippen LogP contribution < -0.4 is 5.32 Å². The fourth-order valence-corrected chi connectivity index (χ4v) is 4.42. The topological polar surface area (TPSA) is 42.0 Å². The summed E-state index contributed by atoms with van der Waals surface area (Å²) in [6, 6.07) is 16.0. The van der Waals surface area contributed by atoms with Gasteiger partial charge >= 0.3 is 0 Å². The van der Waals surface area contributed by atoms with Crippen LogP contribution >= 0.6 is 34.9 Å². The van der Waals surface area contributed by atoms with E-state index >= 15 is 0 Å². The lowest BCUT2D eigenvalue weighted by atomic mass is 10.2. The van der Waals surface area contributed by atoms with Crippen LogP contribution in [0.4, 0.5) is 5.69 Å². The van der Waals surface area contributed by atoms with Gasteiger partial charge in [0, 0.05) is 11.4 Å². The fraction of sp³-hybridized carbons (Fsp3) is 0.176. The second-order valence-electron chi connectivity index (χ2n) is 4.89. The van der Waals surface area contributed by atoms with Crippen molar-refractivity contribution >= 4 is 56.7 Å². The molecule has 0 saturated heterocycles. The number of amides is 1. The Morgan fingerprint density at radius 2 is 2.04 bits per heavy atom. The van der Waals surface area contributed by atoms with Gasteiger partial charge in [0.1, 0.15) is 0 Å². The maximum Gasteiger partial charge on any atom is 0.234 e. The number of thiazole rings is 1. The molecule has 1 N–H and O–H groups in total. The Balaban J connectivity index is 1.55. The van der Waals surface area contributed by atoms with Crippen molar-refractivity contribution in [1.29, 1.82) is 0 Å². The van der Waals surface area contributed by atoms with Gasteiger partial charge in [-0.3, -0.25) is 4.79 Å². The van der Waals surface area contributed by atoms with Gasteiger partial charge in [-0.05, 0) is 30.0 Å². The van der Waals surface area contributed by atoms with E-state index in [9.17, 15) is 4.79 Å². The van der Waals surface area contributed by atoms with E-state index in [1.54, 1.807) is 34.9 Å². The lowest BCUT2D eigenvalue weighted by molar-refractivity contribution is -0.113. The Hall–Kier alpha value is -1.50. The summed E-state index contributed by atoms with van der Waals surface area (Å²) in [6.45, 7) is 0. The zero-order chi connectivity index (χ0) is 16.1. The Morgan fingerprint density at radius 3 is 2.83 bits per heavy atom. The van der Waals surface area contributed by atoms with Crippen molar-refractivity contribution in [2.24, 2.45) is 0 Å². The molecule has 1 amide bonds. The fourth-order valence-electron chi connectivity index (χ4n) is 2.10. The highest BCUT2D eigenvalue weighted by Gasteiger charge is 2.07. The predicted octanol–water partition coefficient (Wildman–Crippen LogP) is 4.89. The van der Waals surface area contributed by atoms with Crippen LogP contribution in [0.2, 0.25) is 0 Å². The molecule has 0 aliphatic heterocycles. The summed E-state index contributed by atoms with van der Waals surface area (Å²) in [5, 5.41) is 2.96. The van der Waals surface area contributed by atoms with E-state index in [0.717, 1.165) is 26.0 Å². The highest BCUT2D eigenvalue weighted by molar-refractivity contribution is 8.00. The number of hydrogen-bond donors (Lipinski definition) is 1. The number of aromatic nitrogens is 1. The average molecular weight is 361 g/mol. The first-order valence-electron chi connectivity index (χ1n) is 7.11. The monoisotopic (exact) mass is 360 g/mol. The lowest BCUT2D eigenvalue weighted by Gasteiger charge is -2.05. The molecule has 118 valence electrons. The molecule has 0 spiro atoms. The molecule has 0 fully saturated rings. The average Bonchev–Trinajstić information content (AvgIpc) is 2.98. The summed E-state index contributed by atoms with van der Waals surface area (Å²) in [7, 11) is 0. The Morgan fingerprint density at radius 1 is 1.22 bits per heavy atom. The third-order valence-electron chi connectivity index (χ3n) is 3.17. The van der Waals surface area contributed by atoms with Crippen LogP contribution in [0, 0.1) is 0 Å². The molecule has 0 aliphatic carbocycles. The summed E-state index contributed by atoms with van der Waals surface area (Å²) in [4.78, 5) is 16.6. The van der Waals surface area contributed by atoms with E-state index in [1.807, 2.05) is 42.7 Å². The summed E-state index contributed by atoms with van der Waals surface area (Å²) in [5.41, 5.74) is 3.05. The van der Waals surface area contributed by atoms with Crippen LogP contribution in [0.3, 0.4) is 0 Å². The number of thioether (sulfide) groups is 2. The van der Waals surface area contributed by atoms with Crippen molar-refractivity contribution < 1.29 is 4.79 Å². The van der Waals surface area contributed by atoms with Crippen molar-refractivity contribution in [3.05, 3.63) is 54.1 Å². The normalized spacial score (nSPS) is 10.8. The van der Waals surface area contributed by atoms with Gasteiger partial charge in [0.15, 0.2) is 4.34 Å². The number of rotatable bonds is 6. The Bertz CT molecular complexity index is 802. The number of fused-ring (bicyclic) bond motifs is 1. The molecule has 0 unspecified atom stereocenters. The number of benzene rings is 2. The highest BCUT2D eigenvalue weighted by Crippen LogP contribution is 2.30. The van der Waals surface area contributed by atoms with Crippen LogP contribution in [-0.2, 0) is 10.5 Å². The zero-order valence-corrected chi connectivity index (χ0v) is 15.1. The minimum atomic E-state index is 0.0277. The van der Waals surface area contributed by atoms with E-state index in [-0.39, 0.29) is 5.91 Å². The number of carbonyl (C=O) groups is 1. The number of nitrogens with one attached hydrogen (secondary N) is 1. The van der Waals surface area contributed by atoms with Crippen molar-refractivity contribution in [2.45, 2.75) is 10.1 Å². The van der Waals surface area contributed by atoms with E-state index in [2.05, 4.69) is 22.4 Å². The molecule has 23 heavy (non-hydrogen) atoms. The third kappa shape index (κ3) is 4.50. The van der Waals surface area contributed by atoms with Crippen molar-refractivity contribution in [1.82, 2.24) is 4.98 Å². The highest BCUT2D eigenvalue weighted by atomic mass is 32.2. The first kappa shape index (κ1) is 16.4. The van der Waals surface area contributed by atoms with Gasteiger partial charge in [0.05, 0.1) is 16.0 Å². The number of anilines is 1. The minimum Gasteiger partial charge on any atom is -0.325 e. The van der Waals surface area contributed by atoms with Crippen LogP contribution in [0.5, 0.6) is 0 Å². The van der Waals surface area contributed by atoms with E-state index in [0.29, 0.717) is 5.75 Å². The number of hydrogen-bond acceptors (Lipinski definition) is 5. The molecule has 0 atom stereocenters. The molecule has 6 heteroatoms. The van der Waals surface area contributed by atoms with Crippen LogP contribution in [0.15, 0.2) is 52.9 Å². The van der Waals surface area contributed by atoms with Gasteiger partial charge in [-0.1, -0.05) is 42.1 Å². The molecule has 3 rings (SSSR count).